The first-order valence-corrected chi connectivity index (χ1v) is 10.0. The molecule has 0 N–H and O–H groups in total. The molecule has 0 spiro atoms. The van der Waals surface area contributed by atoms with E-state index in [4.69, 9.17) is 0 Å². The van der Waals surface area contributed by atoms with E-state index in [1.54, 1.807) is 0 Å². The van der Waals surface area contributed by atoms with Crippen molar-refractivity contribution in [3.63, 3.8) is 0 Å². The van der Waals surface area contributed by atoms with Crippen LogP contribution in [0.5, 0.6) is 0 Å². The zero-order valence-corrected chi connectivity index (χ0v) is 16.4. The zero-order valence-electron chi connectivity index (χ0n) is 15.6. The highest BCUT2D eigenvalue weighted by Gasteiger charge is 2.29. The van der Waals surface area contributed by atoms with E-state index >= 15 is 0 Å². The van der Waals surface area contributed by atoms with E-state index in [1.807, 2.05) is 11.8 Å². The Kier molecular flexibility index (Phi) is 3.42. The van der Waals surface area contributed by atoms with Crippen LogP contribution in [0.1, 0.15) is 30.9 Å². The van der Waals surface area contributed by atoms with Crippen molar-refractivity contribution in [2.45, 2.75) is 36.5 Å². The molecule has 2 heterocycles. The molecular formula is C24H22NS+. The van der Waals surface area contributed by atoms with Gasteiger partial charge in [0.25, 0.3) is 0 Å². The first-order valence-electron chi connectivity index (χ1n) is 9.21. The van der Waals surface area contributed by atoms with E-state index in [0.717, 1.165) is 0 Å². The number of hydrogen-bond acceptors (Lipinski definition) is 1. The van der Waals surface area contributed by atoms with E-state index in [0.29, 0.717) is 5.92 Å². The van der Waals surface area contributed by atoms with Gasteiger partial charge in [0.05, 0.1) is 10.5 Å². The van der Waals surface area contributed by atoms with E-state index in [1.165, 1.54) is 53.7 Å². The fraction of sp³-hybridized carbons (Fsp3) is 0.208. The number of aryl methyl sites for hydroxylation is 2. The summed E-state index contributed by atoms with van der Waals surface area (Å²) < 4.78 is 2.32. The van der Waals surface area contributed by atoms with Gasteiger partial charge in [-0.05, 0) is 47.6 Å². The highest BCUT2D eigenvalue weighted by Crippen LogP contribution is 2.50. The average molecular weight is 357 g/mol. The Morgan fingerprint density at radius 3 is 2.58 bits per heavy atom. The molecule has 0 aliphatic carbocycles. The molecule has 5 rings (SSSR count). The molecule has 3 aromatic carbocycles. The summed E-state index contributed by atoms with van der Waals surface area (Å²) in [6, 6.07) is 18.1. The third-order valence-electron chi connectivity index (χ3n) is 5.55. The summed E-state index contributed by atoms with van der Waals surface area (Å²) in [4.78, 5) is 2.76. The highest BCUT2D eigenvalue weighted by atomic mass is 32.2. The molecular weight excluding hydrogens is 334 g/mol. The Labute approximate surface area is 158 Å². The van der Waals surface area contributed by atoms with Gasteiger partial charge in [0.1, 0.15) is 7.05 Å². The van der Waals surface area contributed by atoms with Crippen molar-refractivity contribution >= 4 is 33.3 Å². The quantitative estimate of drug-likeness (QED) is 0.315. The van der Waals surface area contributed by atoms with Crippen LogP contribution in [-0.4, -0.2) is 0 Å². The smallest absolute Gasteiger partial charge is 0.199 e. The van der Waals surface area contributed by atoms with Crippen molar-refractivity contribution in [2.24, 2.45) is 7.05 Å². The SMILES string of the molecule is Cc1ccc2cccc3c2c1-c1c(c2cc(C(C)C)ccc2c[n+]1C)S3. The van der Waals surface area contributed by atoms with Gasteiger partial charge in [0.15, 0.2) is 6.20 Å². The van der Waals surface area contributed by atoms with Crippen molar-refractivity contribution in [2.75, 3.05) is 0 Å². The monoisotopic (exact) mass is 356 g/mol. The summed E-state index contributed by atoms with van der Waals surface area (Å²) in [5, 5.41) is 5.42. The Balaban J connectivity index is 1.96. The van der Waals surface area contributed by atoms with Gasteiger partial charge in [-0.1, -0.05) is 55.9 Å². The molecule has 1 aliphatic rings. The lowest BCUT2D eigenvalue weighted by Crippen LogP contribution is -2.32. The highest BCUT2D eigenvalue weighted by molar-refractivity contribution is 8.00. The minimum atomic E-state index is 0.537. The number of rotatable bonds is 1. The van der Waals surface area contributed by atoms with Crippen LogP contribution in [-0.2, 0) is 7.05 Å². The lowest BCUT2D eigenvalue weighted by Gasteiger charge is -2.21. The maximum absolute atomic E-state index is 2.40. The van der Waals surface area contributed by atoms with Gasteiger partial charge >= 0.3 is 0 Å². The third kappa shape index (κ3) is 2.15. The van der Waals surface area contributed by atoms with Crippen molar-refractivity contribution in [1.29, 1.82) is 0 Å². The minimum Gasteiger partial charge on any atom is -0.199 e. The second-order valence-electron chi connectivity index (χ2n) is 7.63. The molecule has 0 bridgehead atoms. The Hall–Kier alpha value is -2.32. The fourth-order valence-corrected chi connectivity index (χ4v) is 5.46. The maximum Gasteiger partial charge on any atom is 0.227 e. The molecule has 1 aliphatic heterocycles. The van der Waals surface area contributed by atoms with Gasteiger partial charge in [-0.2, -0.15) is 4.57 Å². The number of pyridine rings is 1. The number of benzene rings is 3. The van der Waals surface area contributed by atoms with Crippen molar-refractivity contribution in [3.8, 4) is 11.3 Å². The second-order valence-corrected chi connectivity index (χ2v) is 8.69. The van der Waals surface area contributed by atoms with Crippen molar-refractivity contribution in [1.82, 2.24) is 0 Å². The molecule has 0 atom stereocenters. The van der Waals surface area contributed by atoms with Crippen LogP contribution in [0.15, 0.2) is 64.5 Å². The summed E-state index contributed by atoms with van der Waals surface area (Å²) in [5.41, 5.74) is 5.50. The molecule has 0 radical (unpaired) electrons. The zero-order chi connectivity index (χ0) is 18.0. The molecule has 1 aromatic heterocycles. The summed E-state index contributed by atoms with van der Waals surface area (Å²) >= 11 is 1.93. The average Bonchev–Trinajstić information content (AvgIpc) is 2.63. The molecule has 0 saturated heterocycles. The van der Waals surface area contributed by atoms with Crippen LogP contribution in [0.2, 0.25) is 0 Å². The predicted octanol–water partition coefficient (Wildman–Crippen LogP) is 6.38. The van der Waals surface area contributed by atoms with Crippen LogP contribution in [0, 0.1) is 6.92 Å². The van der Waals surface area contributed by atoms with Gasteiger partial charge in [-0.3, -0.25) is 0 Å². The van der Waals surface area contributed by atoms with E-state index < -0.39 is 0 Å². The Morgan fingerprint density at radius 1 is 0.962 bits per heavy atom. The van der Waals surface area contributed by atoms with E-state index in [9.17, 15) is 0 Å². The van der Waals surface area contributed by atoms with Gasteiger partial charge in [-0.15, -0.1) is 0 Å². The second kappa shape index (κ2) is 5.59. The predicted molar refractivity (Wildman–Crippen MR) is 111 cm³/mol. The lowest BCUT2D eigenvalue weighted by atomic mass is 9.94. The van der Waals surface area contributed by atoms with Crippen LogP contribution in [0.3, 0.4) is 0 Å². The van der Waals surface area contributed by atoms with E-state index in [2.05, 4.69) is 87.1 Å². The standard InChI is InChI=1S/C24H22NS/c1-14(2)17-10-11-18-13-25(4)23-21-15(3)8-9-16-6-5-7-20(22(16)21)26-24(23)19(18)12-17/h5-14H,1-4H3/q+1. The number of hydrogen-bond donors (Lipinski definition) is 0. The summed E-state index contributed by atoms with van der Waals surface area (Å²) in [7, 11) is 2.18. The largest absolute Gasteiger partial charge is 0.227 e. The lowest BCUT2D eigenvalue weighted by molar-refractivity contribution is -0.660. The minimum absolute atomic E-state index is 0.537. The third-order valence-corrected chi connectivity index (χ3v) is 6.73. The normalized spacial score (nSPS) is 12.8. The number of nitrogens with zero attached hydrogens (tertiary/aromatic N) is 1. The van der Waals surface area contributed by atoms with Crippen LogP contribution in [0.25, 0.3) is 32.8 Å². The number of fused-ring (bicyclic) bond motifs is 4. The maximum atomic E-state index is 2.40. The number of aromatic nitrogens is 1. The summed E-state index contributed by atoms with van der Waals surface area (Å²) in [5.74, 6) is 0.537. The molecule has 0 amide bonds. The van der Waals surface area contributed by atoms with E-state index in [-0.39, 0.29) is 0 Å². The molecule has 0 saturated carbocycles. The Bertz CT molecular complexity index is 1200. The van der Waals surface area contributed by atoms with Crippen LogP contribution in [0.4, 0.5) is 0 Å². The van der Waals surface area contributed by atoms with Gasteiger partial charge < -0.3 is 0 Å². The summed E-state index contributed by atoms with van der Waals surface area (Å²) in [6.07, 6.45) is 2.28. The first-order chi connectivity index (χ1) is 12.5. The molecule has 2 heteroatoms. The molecule has 0 unspecified atom stereocenters. The van der Waals surface area contributed by atoms with Crippen molar-refractivity contribution in [3.05, 3.63) is 65.9 Å². The van der Waals surface area contributed by atoms with Gasteiger partial charge in [0, 0.05) is 21.1 Å². The molecule has 26 heavy (non-hydrogen) atoms. The Morgan fingerprint density at radius 2 is 1.77 bits per heavy atom. The molecule has 0 fully saturated rings. The molecule has 1 nitrogen and oxygen atoms in total. The van der Waals surface area contributed by atoms with Gasteiger partial charge in [-0.25, -0.2) is 0 Å². The summed E-state index contributed by atoms with van der Waals surface area (Å²) in [6.45, 7) is 6.77. The van der Waals surface area contributed by atoms with Crippen LogP contribution < -0.4 is 4.57 Å². The topological polar surface area (TPSA) is 3.88 Å². The fourth-order valence-electron chi connectivity index (χ4n) is 4.15. The van der Waals surface area contributed by atoms with Gasteiger partial charge in [0.2, 0.25) is 5.69 Å². The molecule has 128 valence electrons. The molecule has 4 aromatic rings. The van der Waals surface area contributed by atoms with Crippen molar-refractivity contribution < 1.29 is 4.57 Å². The first kappa shape index (κ1) is 15.9. The van der Waals surface area contributed by atoms with Crippen LogP contribution >= 0.6 is 11.8 Å².